The van der Waals surface area contributed by atoms with Gasteiger partial charge >= 0.3 is 0 Å². The van der Waals surface area contributed by atoms with Crippen molar-refractivity contribution in [1.82, 2.24) is 0 Å². The van der Waals surface area contributed by atoms with Crippen LogP contribution in [0, 0.1) is 0 Å². The summed E-state index contributed by atoms with van der Waals surface area (Å²) in [6, 6.07) is 19.2. The highest BCUT2D eigenvalue weighted by Gasteiger charge is 2.61. The van der Waals surface area contributed by atoms with Crippen molar-refractivity contribution in [1.29, 1.82) is 0 Å². The van der Waals surface area contributed by atoms with Crippen molar-refractivity contribution >= 4 is 27.3 Å². The molecule has 2 fully saturated rings. The fraction of sp³-hybridized carbons (Fsp3) is 0.294. The molecule has 2 aliphatic heterocycles. The number of hydroxylamine groups is 1. The first kappa shape index (κ1) is 15.1. The van der Waals surface area contributed by atoms with Gasteiger partial charge in [0.15, 0.2) is 4.08 Å². The van der Waals surface area contributed by atoms with Gasteiger partial charge in [0, 0.05) is 33.1 Å². The Morgan fingerprint density at radius 1 is 0.913 bits per heavy atom. The number of nitrogens with zero attached hydrogens (tertiary/aromatic N) is 1. The fourth-order valence-corrected chi connectivity index (χ4v) is 7.86. The van der Waals surface area contributed by atoms with Gasteiger partial charge in [-0.15, -0.1) is 0 Å². The Morgan fingerprint density at radius 2 is 1.48 bits per heavy atom. The number of rotatable bonds is 2. The molecule has 0 aromatic heterocycles. The molecule has 1 unspecified atom stereocenters. The first-order valence-corrected chi connectivity index (χ1v) is 10.2. The van der Waals surface area contributed by atoms with Crippen LogP contribution in [0.15, 0.2) is 60.7 Å². The first-order chi connectivity index (χ1) is 11.2. The van der Waals surface area contributed by atoms with E-state index in [2.05, 4.69) is 0 Å². The van der Waals surface area contributed by atoms with Gasteiger partial charge in [-0.3, -0.25) is 13.3 Å². The standard InChI is InChI=1S/C17H17NO3S2/c19-22-11-12-23(20)17(22)13-21-18(15-9-5-2-6-10-15)16(17)14-7-3-1-4-8-14/h1-10,16H,11-13H2/t16-,17?,22-,23+/m1/s1. The predicted octanol–water partition coefficient (Wildman–Crippen LogP) is 2.39. The van der Waals surface area contributed by atoms with Gasteiger partial charge in [0.05, 0.1) is 5.69 Å². The third-order valence-electron chi connectivity index (χ3n) is 4.41. The third-order valence-corrected chi connectivity index (χ3v) is 9.15. The molecule has 2 aromatic rings. The van der Waals surface area contributed by atoms with Crippen LogP contribution in [-0.4, -0.2) is 30.6 Å². The second-order valence-electron chi connectivity index (χ2n) is 5.66. The van der Waals surface area contributed by atoms with Crippen molar-refractivity contribution in [2.24, 2.45) is 0 Å². The van der Waals surface area contributed by atoms with Gasteiger partial charge in [0.25, 0.3) is 0 Å². The number of hydrogen-bond acceptors (Lipinski definition) is 4. The van der Waals surface area contributed by atoms with E-state index in [1.807, 2.05) is 60.7 Å². The van der Waals surface area contributed by atoms with Gasteiger partial charge in [0.2, 0.25) is 0 Å². The summed E-state index contributed by atoms with van der Waals surface area (Å²) in [5.41, 5.74) is 1.87. The quantitative estimate of drug-likeness (QED) is 0.837. The smallest absolute Gasteiger partial charge is 0.173 e. The van der Waals surface area contributed by atoms with Crippen molar-refractivity contribution < 1.29 is 13.3 Å². The van der Waals surface area contributed by atoms with E-state index in [9.17, 15) is 8.42 Å². The molecule has 23 heavy (non-hydrogen) atoms. The van der Waals surface area contributed by atoms with Crippen LogP contribution in [-0.2, 0) is 26.4 Å². The van der Waals surface area contributed by atoms with Crippen LogP contribution in [0.25, 0.3) is 0 Å². The van der Waals surface area contributed by atoms with E-state index in [1.165, 1.54) is 0 Å². The van der Waals surface area contributed by atoms with Crippen molar-refractivity contribution in [2.75, 3.05) is 23.2 Å². The molecule has 0 aliphatic carbocycles. The lowest BCUT2D eigenvalue weighted by Gasteiger charge is -2.31. The monoisotopic (exact) mass is 347 g/mol. The van der Waals surface area contributed by atoms with Gasteiger partial charge < -0.3 is 0 Å². The molecule has 0 bridgehead atoms. The molecule has 0 saturated carbocycles. The predicted molar refractivity (Wildman–Crippen MR) is 92.8 cm³/mol. The number of benzene rings is 2. The topological polar surface area (TPSA) is 46.6 Å². The lowest BCUT2D eigenvalue weighted by Crippen LogP contribution is -2.43. The summed E-state index contributed by atoms with van der Waals surface area (Å²) in [6.45, 7) is 0.223. The van der Waals surface area contributed by atoms with Crippen LogP contribution in [0.5, 0.6) is 0 Å². The first-order valence-electron chi connectivity index (χ1n) is 7.52. The van der Waals surface area contributed by atoms with Gasteiger partial charge in [0.1, 0.15) is 12.6 Å². The molecule has 0 radical (unpaired) electrons. The number of anilines is 1. The molecular weight excluding hydrogens is 330 g/mol. The minimum absolute atomic E-state index is 0.223. The van der Waals surface area contributed by atoms with Crippen LogP contribution >= 0.6 is 0 Å². The molecule has 120 valence electrons. The molecule has 2 heterocycles. The molecule has 2 aromatic carbocycles. The molecule has 4 nitrogen and oxygen atoms in total. The largest absolute Gasteiger partial charge is 0.270 e. The normalized spacial score (nSPS) is 33.4. The summed E-state index contributed by atoms with van der Waals surface area (Å²) in [6.07, 6.45) is 0. The van der Waals surface area contributed by atoms with Crippen molar-refractivity contribution in [3.05, 3.63) is 66.2 Å². The van der Waals surface area contributed by atoms with Crippen LogP contribution in [0.1, 0.15) is 11.6 Å². The van der Waals surface area contributed by atoms with E-state index in [0.29, 0.717) is 11.5 Å². The van der Waals surface area contributed by atoms with E-state index in [0.717, 1.165) is 11.3 Å². The maximum absolute atomic E-state index is 12.8. The summed E-state index contributed by atoms with van der Waals surface area (Å²) in [5.74, 6) is 0.948. The van der Waals surface area contributed by atoms with Gasteiger partial charge in [-0.05, 0) is 17.7 Å². The Morgan fingerprint density at radius 3 is 2.09 bits per heavy atom. The van der Waals surface area contributed by atoms with Crippen molar-refractivity contribution in [3.63, 3.8) is 0 Å². The van der Waals surface area contributed by atoms with E-state index in [-0.39, 0.29) is 12.6 Å². The average molecular weight is 347 g/mol. The van der Waals surface area contributed by atoms with Crippen LogP contribution in [0.2, 0.25) is 0 Å². The van der Waals surface area contributed by atoms with Crippen molar-refractivity contribution in [3.8, 4) is 0 Å². The molecule has 0 amide bonds. The molecule has 4 rings (SSSR count). The van der Waals surface area contributed by atoms with Crippen molar-refractivity contribution in [2.45, 2.75) is 10.1 Å². The summed E-state index contributed by atoms with van der Waals surface area (Å²) in [5, 5.41) is 1.79. The second kappa shape index (κ2) is 5.85. The van der Waals surface area contributed by atoms with Gasteiger partial charge in [-0.25, -0.2) is 5.06 Å². The summed E-state index contributed by atoms with van der Waals surface area (Å²) < 4.78 is 24.7. The summed E-state index contributed by atoms with van der Waals surface area (Å²) in [4.78, 5) is 5.93. The highest BCUT2D eigenvalue weighted by atomic mass is 32.3. The fourth-order valence-electron chi connectivity index (χ4n) is 3.30. The zero-order chi connectivity index (χ0) is 15.9. The van der Waals surface area contributed by atoms with Crippen LogP contribution in [0.4, 0.5) is 5.69 Å². The zero-order valence-corrected chi connectivity index (χ0v) is 14.1. The molecular formula is C17H17NO3S2. The molecule has 2 aliphatic rings. The van der Waals surface area contributed by atoms with E-state index < -0.39 is 25.7 Å². The van der Waals surface area contributed by atoms with E-state index >= 15 is 0 Å². The zero-order valence-electron chi connectivity index (χ0n) is 12.5. The highest BCUT2D eigenvalue weighted by Crippen LogP contribution is 2.48. The number of para-hydroxylation sites is 1. The maximum Gasteiger partial charge on any atom is 0.173 e. The summed E-state index contributed by atoms with van der Waals surface area (Å²) in [7, 11) is -2.36. The van der Waals surface area contributed by atoms with E-state index in [4.69, 9.17) is 4.84 Å². The molecule has 2 saturated heterocycles. The minimum atomic E-state index is -1.18. The summed E-state index contributed by atoms with van der Waals surface area (Å²) >= 11 is 0. The lowest BCUT2D eigenvalue weighted by molar-refractivity contribution is 0.158. The Bertz CT molecular complexity index is 735. The van der Waals surface area contributed by atoms with Crippen LogP contribution < -0.4 is 5.06 Å². The average Bonchev–Trinajstić information content (AvgIpc) is 3.14. The van der Waals surface area contributed by atoms with Gasteiger partial charge in [-0.2, -0.15) is 0 Å². The Balaban J connectivity index is 1.86. The molecule has 6 heteroatoms. The highest BCUT2D eigenvalue weighted by molar-refractivity contribution is 8.07. The molecule has 1 spiro atoms. The SMILES string of the molecule is O=[S@@]1CC[S@](=O)C12CON(c1ccccc1)[C@@H]2c1ccccc1. The Labute approximate surface area is 140 Å². The minimum Gasteiger partial charge on any atom is -0.270 e. The maximum atomic E-state index is 12.8. The van der Waals surface area contributed by atoms with Crippen LogP contribution in [0.3, 0.4) is 0 Å². The lowest BCUT2D eigenvalue weighted by atomic mass is 10.0. The number of hydrogen-bond donors (Lipinski definition) is 0. The molecule has 0 N–H and O–H groups in total. The second-order valence-corrected chi connectivity index (χ2v) is 9.57. The van der Waals surface area contributed by atoms with Gasteiger partial charge in [-0.1, -0.05) is 48.5 Å². The van der Waals surface area contributed by atoms with E-state index in [1.54, 1.807) is 5.06 Å². The third kappa shape index (κ3) is 2.28. The Hall–Kier alpha value is -1.50. The molecule has 4 atom stereocenters. The Kier molecular flexibility index (Phi) is 3.83.